The Bertz CT molecular complexity index is 1270. The molecule has 8 heteroatoms. The van der Waals surface area contributed by atoms with Crippen LogP contribution in [-0.4, -0.2) is 50.5 Å². The average molecular weight is 444 g/mol. The molecule has 3 atom stereocenters. The molecule has 3 aliphatic rings. The fourth-order valence-corrected chi connectivity index (χ4v) is 5.28. The van der Waals surface area contributed by atoms with Crippen LogP contribution in [-0.2, 0) is 16.1 Å². The van der Waals surface area contributed by atoms with E-state index in [-0.39, 0.29) is 36.1 Å². The molecule has 6 rings (SSSR count). The van der Waals surface area contributed by atoms with Gasteiger partial charge in [-0.05, 0) is 49.8 Å². The number of nitrogens with zero attached hydrogens (tertiary/aromatic N) is 4. The van der Waals surface area contributed by atoms with E-state index in [0.717, 1.165) is 24.9 Å². The van der Waals surface area contributed by atoms with Crippen molar-refractivity contribution in [3.63, 3.8) is 0 Å². The van der Waals surface area contributed by atoms with Crippen LogP contribution in [0.3, 0.4) is 0 Å². The maximum absolute atomic E-state index is 13.7. The number of piperidine rings is 1. The second-order valence-electron chi connectivity index (χ2n) is 9.28. The SMILES string of the molecule is NC(=O)c1nn(CC(=O)N2[C@@H]3C[C@@H]3C[C@H]2C(=O)N(c2ccccc2)C2CC2)c2ccccc12. The highest BCUT2D eigenvalue weighted by Crippen LogP contribution is 2.49. The first-order valence-corrected chi connectivity index (χ1v) is 11.5. The normalized spacial score (nSPS) is 23.4. The van der Waals surface area contributed by atoms with Gasteiger partial charge >= 0.3 is 0 Å². The molecule has 1 aromatic heterocycles. The molecule has 1 aliphatic heterocycles. The first kappa shape index (κ1) is 20.0. The number of amides is 3. The minimum Gasteiger partial charge on any atom is -0.364 e. The van der Waals surface area contributed by atoms with Crippen LogP contribution in [0.15, 0.2) is 54.6 Å². The van der Waals surface area contributed by atoms with Gasteiger partial charge in [0.2, 0.25) is 11.8 Å². The third-order valence-electron chi connectivity index (χ3n) is 7.04. The molecule has 33 heavy (non-hydrogen) atoms. The Morgan fingerprint density at radius 1 is 1.00 bits per heavy atom. The number of hydrogen-bond acceptors (Lipinski definition) is 4. The summed E-state index contributed by atoms with van der Waals surface area (Å²) >= 11 is 0. The zero-order valence-electron chi connectivity index (χ0n) is 18.1. The Morgan fingerprint density at radius 3 is 2.45 bits per heavy atom. The molecule has 0 radical (unpaired) electrons. The second-order valence-corrected chi connectivity index (χ2v) is 9.28. The van der Waals surface area contributed by atoms with E-state index in [2.05, 4.69) is 5.10 Å². The minimum atomic E-state index is -0.628. The minimum absolute atomic E-state index is 0.00685. The molecule has 2 aromatic carbocycles. The molecule has 2 aliphatic carbocycles. The largest absolute Gasteiger partial charge is 0.364 e. The first-order valence-electron chi connectivity index (χ1n) is 11.5. The molecule has 0 unspecified atom stereocenters. The average Bonchev–Trinajstić information content (AvgIpc) is 3.73. The maximum atomic E-state index is 13.7. The van der Waals surface area contributed by atoms with Gasteiger partial charge in [0.25, 0.3) is 5.91 Å². The van der Waals surface area contributed by atoms with Crippen molar-refractivity contribution in [2.75, 3.05) is 4.90 Å². The number of carbonyl (C=O) groups excluding carboxylic acids is 3. The first-order chi connectivity index (χ1) is 16.0. The van der Waals surface area contributed by atoms with Gasteiger partial charge in [-0.2, -0.15) is 5.10 Å². The number of aromatic nitrogens is 2. The number of primary amides is 1. The van der Waals surface area contributed by atoms with Gasteiger partial charge in [-0.1, -0.05) is 36.4 Å². The fourth-order valence-electron chi connectivity index (χ4n) is 5.28. The van der Waals surface area contributed by atoms with Crippen molar-refractivity contribution in [3.8, 4) is 0 Å². The zero-order chi connectivity index (χ0) is 22.7. The molecule has 8 nitrogen and oxygen atoms in total. The summed E-state index contributed by atoms with van der Waals surface area (Å²) in [5.74, 6) is -0.383. The van der Waals surface area contributed by atoms with Crippen LogP contribution in [0.25, 0.3) is 10.9 Å². The molecular weight excluding hydrogens is 418 g/mol. The standard InChI is InChI=1S/C25H25N5O3/c26-24(32)23-18-8-4-5-9-19(18)28(27-23)14-22(31)30-20-12-15(20)13-21(30)25(33)29(17-10-11-17)16-6-2-1-3-7-16/h1-9,15,17,20-21H,10-14H2,(H2,26,32)/t15-,20-,21+/m1/s1. The lowest BCUT2D eigenvalue weighted by atomic mass is 10.1. The summed E-state index contributed by atoms with van der Waals surface area (Å²) < 4.78 is 1.53. The van der Waals surface area contributed by atoms with Crippen molar-refractivity contribution in [2.24, 2.45) is 11.7 Å². The molecule has 2 saturated carbocycles. The third kappa shape index (κ3) is 3.37. The maximum Gasteiger partial charge on any atom is 0.269 e. The second kappa shape index (κ2) is 7.43. The quantitative estimate of drug-likeness (QED) is 0.632. The van der Waals surface area contributed by atoms with Gasteiger partial charge in [0.05, 0.1) is 5.52 Å². The molecular formula is C25H25N5O3. The number of hydrogen-bond donors (Lipinski definition) is 1. The van der Waals surface area contributed by atoms with Gasteiger partial charge < -0.3 is 15.5 Å². The molecule has 0 spiro atoms. The van der Waals surface area contributed by atoms with Gasteiger partial charge in [-0.3, -0.25) is 19.1 Å². The Kier molecular flexibility index (Phi) is 4.50. The third-order valence-corrected chi connectivity index (χ3v) is 7.04. The Labute approximate surface area is 190 Å². The number of fused-ring (bicyclic) bond motifs is 2. The number of carbonyl (C=O) groups is 3. The Balaban J connectivity index is 1.29. The number of nitrogens with two attached hydrogens (primary N) is 1. The summed E-state index contributed by atoms with van der Waals surface area (Å²) in [6.07, 6.45) is 3.63. The van der Waals surface area contributed by atoms with Crippen LogP contribution < -0.4 is 10.6 Å². The number of anilines is 1. The van der Waals surface area contributed by atoms with Gasteiger partial charge in [0.15, 0.2) is 5.69 Å². The van der Waals surface area contributed by atoms with Gasteiger partial charge in [0, 0.05) is 23.2 Å². The molecule has 168 valence electrons. The van der Waals surface area contributed by atoms with E-state index in [4.69, 9.17) is 5.73 Å². The molecule has 0 bridgehead atoms. The van der Waals surface area contributed by atoms with Gasteiger partial charge in [0.1, 0.15) is 12.6 Å². The molecule has 3 fully saturated rings. The van der Waals surface area contributed by atoms with Crippen LogP contribution in [0.1, 0.15) is 36.2 Å². The summed E-state index contributed by atoms with van der Waals surface area (Å²) in [6, 6.07) is 16.8. The van der Waals surface area contributed by atoms with E-state index in [9.17, 15) is 14.4 Å². The van der Waals surface area contributed by atoms with E-state index in [1.54, 1.807) is 11.0 Å². The van der Waals surface area contributed by atoms with Crippen molar-refractivity contribution in [3.05, 3.63) is 60.3 Å². The van der Waals surface area contributed by atoms with Crippen LogP contribution in [0, 0.1) is 5.92 Å². The lowest BCUT2D eigenvalue weighted by Gasteiger charge is -2.32. The molecule has 2 N–H and O–H groups in total. The summed E-state index contributed by atoms with van der Waals surface area (Å²) in [7, 11) is 0. The summed E-state index contributed by atoms with van der Waals surface area (Å²) in [6.45, 7) is -0.0322. The monoisotopic (exact) mass is 443 g/mol. The summed E-state index contributed by atoms with van der Waals surface area (Å²) in [5, 5.41) is 4.95. The van der Waals surface area contributed by atoms with Crippen molar-refractivity contribution >= 4 is 34.3 Å². The van der Waals surface area contributed by atoms with E-state index < -0.39 is 11.9 Å². The van der Waals surface area contributed by atoms with Crippen LogP contribution in [0.5, 0.6) is 0 Å². The van der Waals surface area contributed by atoms with E-state index in [1.165, 1.54) is 4.68 Å². The predicted octanol–water partition coefficient (Wildman–Crippen LogP) is 2.32. The van der Waals surface area contributed by atoms with Crippen LogP contribution >= 0.6 is 0 Å². The topological polar surface area (TPSA) is 102 Å². The highest BCUT2D eigenvalue weighted by molar-refractivity contribution is 6.04. The molecule has 2 heterocycles. The lowest BCUT2D eigenvalue weighted by Crippen LogP contribution is -2.51. The highest BCUT2D eigenvalue weighted by Gasteiger charge is 2.57. The van der Waals surface area contributed by atoms with Gasteiger partial charge in [-0.25, -0.2) is 0 Å². The number of likely N-dealkylation sites (tertiary alicyclic amines) is 1. The Hall–Kier alpha value is -3.68. The van der Waals surface area contributed by atoms with E-state index in [0.29, 0.717) is 23.2 Å². The smallest absolute Gasteiger partial charge is 0.269 e. The number of rotatable bonds is 6. The highest BCUT2D eigenvalue weighted by atomic mass is 16.2. The van der Waals surface area contributed by atoms with Crippen molar-refractivity contribution < 1.29 is 14.4 Å². The predicted molar refractivity (Wildman–Crippen MR) is 122 cm³/mol. The van der Waals surface area contributed by atoms with Gasteiger partial charge in [-0.15, -0.1) is 0 Å². The van der Waals surface area contributed by atoms with E-state index >= 15 is 0 Å². The van der Waals surface area contributed by atoms with Crippen molar-refractivity contribution in [1.82, 2.24) is 14.7 Å². The lowest BCUT2D eigenvalue weighted by molar-refractivity contribution is -0.139. The van der Waals surface area contributed by atoms with E-state index in [1.807, 2.05) is 53.4 Å². The van der Waals surface area contributed by atoms with Crippen LogP contribution in [0.2, 0.25) is 0 Å². The zero-order valence-corrected chi connectivity index (χ0v) is 18.1. The fraction of sp³-hybridized carbons (Fsp3) is 0.360. The molecule has 3 amide bonds. The molecule has 1 saturated heterocycles. The summed E-state index contributed by atoms with van der Waals surface area (Å²) in [5.41, 5.74) is 7.22. The van der Waals surface area contributed by atoms with Crippen molar-refractivity contribution in [1.29, 1.82) is 0 Å². The summed E-state index contributed by atoms with van der Waals surface area (Å²) in [4.78, 5) is 42.8. The van der Waals surface area contributed by atoms with Crippen molar-refractivity contribution in [2.45, 2.75) is 50.4 Å². The molecule has 3 aromatic rings. The number of benzene rings is 2. The number of para-hydroxylation sites is 2. The Morgan fingerprint density at radius 2 is 1.73 bits per heavy atom. The van der Waals surface area contributed by atoms with Crippen LogP contribution in [0.4, 0.5) is 5.69 Å².